The van der Waals surface area contributed by atoms with E-state index in [-0.39, 0.29) is 18.2 Å². The van der Waals surface area contributed by atoms with E-state index < -0.39 is 5.97 Å². The fourth-order valence-corrected chi connectivity index (χ4v) is 4.43. The summed E-state index contributed by atoms with van der Waals surface area (Å²) in [7, 11) is 2.14. The number of carboxylic acid groups (broad SMARTS) is 1. The van der Waals surface area contributed by atoms with Gasteiger partial charge in [-0.05, 0) is 38.3 Å². The summed E-state index contributed by atoms with van der Waals surface area (Å²) >= 11 is 0. The number of hydrogen-bond acceptors (Lipinski definition) is 5. The number of carbonyl (C=O) groups is 2. The monoisotopic (exact) mass is 391 g/mol. The van der Waals surface area contributed by atoms with Gasteiger partial charge in [-0.25, -0.2) is 0 Å². The Hall–Kier alpha value is -1.93. The first-order chi connectivity index (χ1) is 13.4. The van der Waals surface area contributed by atoms with Crippen molar-refractivity contribution in [2.75, 3.05) is 46.3 Å². The summed E-state index contributed by atoms with van der Waals surface area (Å²) in [6.45, 7) is 8.15. The predicted molar refractivity (Wildman–Crippen MR) is 106 cm³/mol. The van der Waals surface area contributed by atoms with Crippen LogP contribution in [0.1, 0.15) is 31.2 Å². The molecule has 28 heavy (non-hydrogen) atoms. The fraction of sp³-hybridized carbons (Fsp3) is 0.750. The average molecular weight is 392 g/mol. The molecule has 2 atom stereocenters. The highest BCUT2D eigenvalue weighted by Crippen LogP contribution is 2.27. The molecule has 1 N–H and O–H groups in total. The van der Waals surface area contributed by atoms with E-state index in [4.69, 9.17) is 5.11 Å². The molecular formula is C20H33N5O3. The highest BCUT2D eigenvalue weighted by Gasteiger charge is 2.35. The Balaban J connectivity index is 1.57. The van der Waals surface area contributed by atoms with Crippen molar-refractivity contribution in [1.82, 2.24) is 24.5 Å². The molecule has 1 aromatic rings. The summed E-state index contributed by atoms with van der Waals surface area (Å²) in [6, 6.07) is 0.380. The number of likely N-dealkylation sites (N-methyl/N-ethyl adjacent to an activating group) is 1. The SMILES string of the molecule is Cc1cnn(CCC(=O)N2CC[C@@H](N3CCN(C)CC3)[C@@H](CCC(=O)O)C2)c1. The van der Waals surface area contributed by atoms with Gasteiger partial charge in [0.05, 0.1) is 6.20 Å². The number of likely N-dealkylation sites (tertiary alicyclic amines) is 1. The number of aryl methyl sites for hydroxylation is 2. The van der Waals surface area contributed by atoms with Crippen LogP contribution in [0, 0.1) is 12.8 Å². The molecular weight excluding hydrogens is 358 g/mol. The third kappa shape index (κ3) is 5.54. The van der Waals surface area contributed by atoms with Crippen LogP contribution in [0.25, 0.3) is 0 Å². The first kappa shape index (κ1) is 20.8. The van der Waals surface area contributed by atoms with Gasteiger partial charge in [-0.3, -0.25) is 19.2 Å². The average Bonchev–Trinajstić information content (AvgIpc) is 3.10. The van der Waals surface area contributed by atoms with Gasteiger partial charge in [0.15, 0.2) is 0 Å². The van der Waals surface area contributed by atoms with E-state index in [2.05, 4.69) is 21.9 Å². The minimum atomic E-state index is -0.755. The zero-order chi connectivity index (χ0) is 20.1. The predicted octanol–water partition coefficient (Wildman–Crippen LogP) is 0.911. The first-order valence-corrected chi connectivity index (χ1v) is 10.3. The normalized spacial score (nSPS) is 24.4. The summed E-state index contributed by atoms with van der Waals surface area (Å²) in [5, 5.41) is 13.4. The molecule has 2 fully saturated rings. The largest absolute Gasteiger partial charge is 0.481 e. The van der Waals surface area contributed by atoms with Crippen LogP contribution in [0.5, 0.6) is 0 Å². The molecule has 3 rings (SSSR count). The zero-order valence-corrected chi connectivity index (χ0v) is 17.1. The van der Waals surface area contributed by atoms with Crippen molar-refractivity contribution >= 4 is 11.9 Å². The number of rotatable bonds is 7. The highest BCUT2D eigenvalue weighted by atomic mass is 16.4. The van der Waals surface area contributed by atoms with Gasteiger partial charge >= 0.3 is 5.97 Å². The number of aliphatic carboxylic acids is 1. The smallest absolute Gasteiger partial charge is 0.303 e. The Kier molecular flexibility index (Phi) is 7.07. The lowest BCUT2D eigenvalue weighted by Crippen LogP contribution is -2.57. The summed E-state index contributed by atoms with van der Waals surface area (Å²) in [6.07, 6.45) is 5.92. The van der Waals surface area contributed by atoms with E-state index in [9.17, 15) is 9.59 Å². The summed E-state index contributed by atoms with van der Waals surface area (Å²) in [4.78, 5) is 30.7. The van der Waals surface area contributed by atoms with E-state index >= 15 is 0 Å². The van der Waals surface area contributed by atoms with Crippen LogP contribution in [0.15, 0.2) is 12.4 Å². The molecule has 0 radical (unpaired) electrons. The number of aromatic nitrogens is 2. The molecule has 1 amide bonds. The quantitative estimate of drug-likeness (QED) is 0.744. The molecule has 2 aliphatic heterocycles. The number of nitrogens with zero attached hydrogens (tertiary/aromatic N) is 5. The lowest BCUT2D eigenvalue weighted by Gasteiger charge is -2.46. The zero-order valence-electron chi connectivity index (χ0n) is 17.1. The van der Waals surface area contributed by atoms with Gasteiger partial charge in [0, 0.05) is 70.9 Å². The second kappa shape index (κ2) is 9.52. The van der Waals surface area contributed by atoms with Crippen molar-refractivity contribution in [3.63, 3.8) is 0 Å². The summed E-state index contributed by atoms with van der Waals surface area (Å²) in [5.74, 6) is -0.385. The molecule has 1 aromatic heterocycles. The topological polar surface area (TPSA) is 81.9 Å². The number of amides is 1. The minimum absolute atomic E-state index is 0.144. The van der Waals surface area contributed by atoms with Crippen molar-refractivity contribution in [2.45, 2.75) is 45.2 Å². The molecule has 0 spiro atoms. The third-order valence-electron chi connectivity index (χ3n) is 6.10. The Labute approximate surface area is 167 Å². The number of carboxylic acids is 1. The van der Waals surface area contributed by atoms with Crippen LogP contribution < -0.4 is 0 Å². The van der Waals surface area contributed by atoms with Crippen LogP contribution in [-0.2, 0) is 16.1 Å². The maximum absolute atomic E-state index is 12.7. The Bertz CT molecular complexity index is 669. The molecule has 156 valence electrons. The third-order valence-corrected chi connectivity index (χ3v) is 6.10. The molecule has 8 nitrogen and oxygen atoms in total. The van der Waals surface area contributed by atoms with Crippen LogP contribution >= 0.6 is 0 Å². The number of piperazine rings is 1. The molecule has 0 unspecified atom stereocenters. The summed E-state index contributed by atoms with van der Waals surface area (Å²) < 4.78 is 1.81. The summed E-state index contributed by atoms with van der Waals surface area (Å²) in [5.41, 5.74) is 1.09. The molecule has 2 saturated heterocycles. The molecule has 0 saturated carbocycles. The molecule has 0 aromatic carbocycles. The Morgan fingerprint density at radius 3 is 2.57 bits per heavy atom. The van der Waals surface area contributed by atoms with Crippen molar-refractivity contribution in [2.24, 2.45) is 5.92 Å². The van der Waals surface area contributed by atoms with E-state index in [1.54, 1.807) is 6.20 Å². The van der Waals surface area contributed by atoms with E-state index in [0.29, 0.717) is 32.0 Å². The van der Waals surface area contributed by atoms with Crippen molar-refractivity contribution in [3.05, 3.63) is 18.0 Å². The molecule has 0 aliphatic carbocycles. The van der Waals surface area contributed by atoms with Crippen molar-refractivity contribution in [3.8, 4) is 0 Å². The second-order valence-corrected chi connectivity index (χ2v) is 8.26. The van der Waals surface area contributed by atoms with Crippen LogP contribution in [0.3, 0.4) is 0 Å². The van der Waals surface area contributed by atoms with Crippen LogP contribution in [0.4, 0.5) is 0 Å². The van der Waals surface area contributed by atoms with Crippen LogP contribution in [0.2, 0.25) is 0 Å². The van der Waals surface area contributed by atoms with Crippen molar-refractivity contribution < 1.29 is 14.7 Å². The Morgan fingerprint density at radius 2 is 1.93 bits per heavy atom. The highest BCUT2D eigenvalue weighted by molar-refractivity contribution is 5.76. The minimum Gasteiger partial charge on any atom is -0.481 e. The number of carbonyl (C=O) groups excluding carboxylic acids is 1. The molecule has 8 heteroatoms. The van der Waals surface area contributed by atoms with E-state index in [1.807, 2.05) is 22.7 Å². The van der Waals surface area contributed by atoms with Gasteiger partial charge in [-0.2, -0.15) is 5.10 Å². The molecule has 0 bridgehead atoms. The van der Waals surface area contributed by atoms with Gasteiger partial charge < -0.3 is 14.9 Å². The van der Waals surface area contributed by atoms with Gasteiger partial charge in [0.25, 0.3) is 0 Å². The first-order valence-electron chi connectivity index (χ1n) is 10.3. The van der Waals surface area contributed by atoms with Crippen molar-refractivity contribution in [1.29, 1.82) is 0 Å². The van der Waals surface area contributed by atoms with Crippen LogP contribution in [-0.4, -0.2) is 93.8 Å². The van der Waals surface area contributed by atoms with Gasteiger partial charge in [0.1, 0.15) is 0 Å². The Morgan fingerprint density at radius 1 is 1.18 bits per heavy atom. The maximum Gasteiger partial charge on any atom is 0.303 e. The van der Waals surface area contributed by atoms with E-state index in [1.165, 1.54) is 0 Å². The van der Waals surface area contributed by atoms with Gasteiger partial charge in [0.2, 0.25) is 5.91 Å². The molecule has 3 heterocycles. The van der Waals surface area contributed by atoms with Gasteiger partial charge in [-0.1, -0.05) is 0 Å². The fourth-order valence-electron chi connectivity index (χ4n) is 4.43. The number of hydrogen-bond donors (Lipinski definition) is 1. The standard InChI is InChI=1S/C20H33N5O3/c1-16-13-21-25(14-16)8-6-19(26)24-7-5-18(17(15-24)3-4-20(27)28)23-11-9-22(2)10-12-23/h13-14,17-18H,3-12,15H2,1-2H3,(H,27,28)/t17-,18+/m0/s1. The maximum atomic E-state index is 12.7. The number of piperidine rings is 1. The van der Waals surface area contributed by atoms with E-state index in [0.717, 1.165) is 44.7 Å². The van der Waals surface area contributed by atoms with Gasteiger partial charge in [-0.15, -0.1) is 0 Å². The molecule has 2 aliphatic rings. The lowest BCUT2D eigenvalue weighted by molar-refractivity contribution is -0.138. The lowest BCUT2D eigenvalue weighted by atomic mass is 9.86. The second-order valence-electron chi connectivity index (χ2n) is 8.26.